The van der Waals surface area contributed by atoms with Crippen molar-refractivity contribution in [3.63, 3.8) is 0 Å². The van der Waals surface area contributed by atoms with E-state index in [9.17, 15) is 8.42 Å². The number of rotatable bonds is 5. The van der Waals surface area contributed by atoms with Crippen LogP contribution in [0.25, 0.3) is 6.08 Å². The zero-order chi connectivity index (χ0) is 17.3. The molecule has 1 unspecified atom stereocenters. The van der Waals surface area contributed by atoms with Crippen LogP contribution < -0.4 is 4.72 Å². The van der Waals surface area contributed by atoms with E-state index in [4.69, 9.17) is 4.74 Å². The van der Waals surface area contributed by atoms with Crippen molar-refractivity contribution >= 4 is 32.0 Å². The summed E-state index contributed by atoms with van der Waals surface area (Å²) in [7, 11) is -3.48. The maximum atomic E-state index is 12.6. The van der Waals surface area contributed by atoms with Crippen molar-refractivity contribution in [1.82, 2.24) is 4.72 Å². The van der Waals surface area contributed by atoms with Gasteiger partial charge in [0.05, 0.1) is 17.1 Å². The SMILES string of the molecule is C=CCC(NS(=O)(=O)C(C)(C)C)c1cc(Br)cc2c1COC=C2. The minimum Gasteiger partial charge on any atom is -0.496 e. The average Bonchev–Trinajstić information content (AvgIpc) is 2.44. The zero-order valence-electron chi connectivity index (χ0n) is 13.6. The van der Waals surface area contributed by atoms with Crippen LogP contribution in [0.2, 0.25) is 0 Å². The van der Waals surface area contributed by atoms with Crippen LogP contribution in [0.5, 0.6) is 0 Å². The van der Waals surface area contributed by atoms with E-state index in [0.29, 0.717) is 13.0 Å². The van der Waals surface area contributed by atoms with Crippen LogP contribution >= 0.6 is 15.9 Å². The summed E-state index contributed by atoms with van der Waals surface area (Å²) in [4.78, 5) is 0. The first-order valence-electron chi connectivity index (χ1n) is 7.39. The van der Waals surface area contributed by atoms with Gasteiger partial charge in [-0.25, -0.2) is 13.1 Å². The summed E-state index contributed by atoms with van der Waals surface area (Å²) in [6, 6.07) is 3.57. The second kappa shape index (κ2) is 6.79. The van der Waals surface area contributed by atoms with E-state index in [2.05, 4.69) is 27.2 Å². The second-order valence-electron chi connectivity index (χ2n) is 6.49. The molecule has 0 saturated heterocycles. The molecule has 0 fully saturated rings. The molecule has 0 spiro atoms. The number of nitrogens with one attached hydrogen (secondary N) is 1. The predicted molar refractivity (Wildman–Crippen MR) is 97.3 cm³/mol. The first kappa shape index (κ1) is 18.2. The van der Waals surface area contributed by atoms with Crippen molar-refractivity contribution in [3.8, 4) is 0 Å². The molecule has 6 heteroatoms. The standard InChI is InChI=1S/C17H22BrNO3S/c1-5-6-16(19-23(20,21)17(2,3)4)14-10-13(18)9-12-7-8-22-11-15(12)14/h5,7-10,16,19H,1,6,11H2,2-4H3. The van der Waals surface area contributed by atoms with Gasteiger partial charge in [-0.2, -0.15) is 0 Å². The number of hydrogen-bond acceptors (Lipinski definition) is 3. The van der Waals surface area contributed by atoms with E-state index in [1.54, 1.807) is 33.1 Å². The highest BCUT2D eigenvalue weighted by Gasteiger charge is 2.32. The molecule has 126 valence electrons. The Kier molecular flexibility index (Phi) is 5.38. The van der Waals surface area contributed by atoms with E-state index in [0.717, 1.165) is 21.2 Å². The van der Waals surface area contributed by atoms with Crippen LogP contribution in [-0.2, 0) is 21.4 Å². The van der Waals surface area contributed by atoms with Gasteiger partial charge in [0.25, 0.3) is 0 Å². The van der Waals surface area contributed by atoms with Gasteiger partial charge < -0.3 is 4.74 Å². The van der Waals surface area contributed by atoms with E-state index in [-0.39, 0.29) is 6.04 Å². The second-order valence-corrected chi connectivity index (χ2v) is 9.87. The lowest BCUT2D eigenvalue weighted by atomic mass is 9.94. The first-order chi connectivity index (χ1) is 10.7. The monoisotopic (exact) mass is 399 g/mol. The van der Waals surface area contributed by atoms with Gasteiger partial charge in [-0.05, 0) is 56.5 Å². The summed E-state index contributed by atoms with van der Waals surface area (Å²) < 4.78 is 33.4. The van der Waals surface area contributed by atoms with Crippen LogP contribution in [0.4, 0.5) is 0 Å². The maximum Gasteiger partial charge on any atom is 0.217 e. The average molecular weight is 400 g/mol. The number of hydrogen-bond donors (Lipinski definition) is 1. The number of sulfonamides is 1. The summed E-state index contributed by atoms with van der Waals surface area (Å²) >= 11 is 3.50. The Labute approximate surface area is 146 Å². The molecule has 0 bridgehead atoms. The number of fused-ring (bicyclic) bond motifs is 1. The largest absolute Gasteiger partial charge is 0.496 e. The summed E-state index contributed by atoms with van der Waals surface area (Å²) in [5.74, 6) is 0. The Bertz CT molecular complexity index is 733. The van der Waals surface area contributed by atoms with Gasteiger partial charge in [-0.1, -0.05) is 22.0 Å². The molecule has 1 N–H and O–H groups in total. The maximum absolute atomic E-state index is 12.6. The molecule has 0 aromatic heterocycles. The Morgan fingerprint density at radius 1 is 1.43 bits per heavy atom. The number of ether oxygens (including phenoxy) is 1. The molecule has 0 aliphatic carbocycles. The van der Waals surface area contributed by atoms with Crippen molar-refractivity contribution in [2.75, 3.05) is 0 Å². The smallest absolute Gasteiger partial charge is 0.217 e. The fourth-order valence-corrected chi connectivity index (χ4v) is 3.77. The molecule has 1 aliphatic rings. The third-order valence-electron chi connectivity index (χ3n) is 3.74. The molecule has 1 atom stereocenters. The van der Waals surface area contributed by atoms with Crippen LogP contribution in [0.15, 0.2) is 35.5 Å². The van der Waals surface area contributed by atoms with Gasteiger partial charge in [0, 0.05) is 10.0 Å². The van der Waals surface area contributed by atoms with Crippen LogP contribution in [-0.4, -0.2) is 13.2 Å². The lowest BCUT2D eigenvalue weighted by Gasteiger charge is -2.27. The Morgan fingerprint density at radius 3 is 2.74 bits per heavy atom. The molecule has 1 aliphatic heterocycles. The van der Waals surface area contributed by atoms with E-state index in [1.807, 2.05) is 18.2 Å². The first-order valence-corrected chi connectivity index (χ1v) is 9.66. The predicted octanol–water partition coefficient (Wildman–Crippen LogP) is 4.29. The quantitative estimate of drug-likeness (QED) is 0.751. The highest BCUT2D eigenvalue weighted by atomic mass is 79.9. The van der Waals surface area contributed by atoms with Crippen LogP contribution in [0.1, 0.15) is 49.9 Å². The molecular weight excluding hydrogens is 378 g/mol. The summed E-state index contributed by atoms with van der Waals surface area (Å²) in [5.41, 5.74) is 2.94. The lowest BCUT2D eigenvalue weighted by Crippen LogP contribution is -2.41. The molecule has 1 aromatic carbocycles. The van der Waals surface area contributed by atoms with Crippen LogP contribution in [0.3, 0.4) is 0 Å². The molecule has 0 radical (unpaired) electrons. The minimum atomic E-state index is -3.48. The fourth-order valence-electron chi connectivity index (χ4n) is 2.33. The van der Waals surface area contributed by atoms with Gasteiger partial charge in [0.15, 0.2) is 0 Å². The minimum absolute atomic E-state index is 0.377. The Hall–Kier alpha value is -1.11. The third-order valence-corrected chi connectivity index (χ3v) is 6.40. The van der Waals surface area contributed by atoms with E-state index in [1.165, 1.54) is 0 Å². The van der Waals surface area contributed by atoms with Gasteiger partial charge in [-0.15, -0.1) is 6.58 Å². The van der Waals surface area contributed by atoms with Gasteiger partial charge in [-0.3, -0.25) is 0 Å². The molecule has 23 heavy (non-hydrogen) atoms. The summed E-state index contributed by atoms with van der Waals surface area (Å²) in [6.07, 6.45) is 5.77. The van der Waals surface area contributed by atoms with Gasteiger partial charge >= 0.3 is 0 Å². The van der Waals surface area contributed by atoms with E-state index < -0.39 is 14.8 Å². The highest BCUT2D eigenvalue weighted by Crippen LogP contribution is 2.33. The number of halogens is 1. The molecule has 2 rings (SSSR count). The van der Waals surface area contributed by atoms with Crippen molar-refractivity contribution in [2.45, 2.75) is 44.6 Å². The van der Waals surface area contributed by atoms with E-state index >= 15 is 0 Å². The molecule has 1 heterocycles. The fraction of sp³-hybridized carbons (Fsp3) is 0.412. The Balaban J connectivity index is 2.49. The zero-order valence-corrected chi connectivity index (χ0v) is 16.0. The van der Waals surface area contributed by atoms with Crippen molar-refractivity contribution in [3.05, 3.63) is 52.2 Å². The summed E-state index contributed by atoms with van der Waals surface area (Å²) in [5, 5.41) is 0. The summed E-state index contributed by atoms with van der Waals surface area (Å²) in [6.45, 7) is 9.24. The van der Waals surface area contributed by atoms with Crippen molar-refractivity contribution in [1.29, 1.82) is 0 Å². The third kappa shape index (κ3) is 4.05. The molecule has 1 aromatic rings. The van der Waals surface area contributed by atoms with Crippen molar-refractivity contribution in [2.24, 2.45) is 0 Å². The molecule has 4 nitrogen and oxygen atoms in total. The van der Waals surface area contributed by atoms with Gasteiger partial charge in [0.2, 0.25) is 10.0 Å². The molecular formula is C17H22BrNO3S. The van der Waals surface area contributed by atoms with Crippen molar-refractivity contribution < 1.29 is 13.2 Å². The Morgan fingerprint density at radius 2 is 2.13 bits per heavy atom. The van der Waals surface area contributed by atoms with Gasteiger partial charge in [0.1, 0.15) is 6.61 Å². The topological polar surface area (TPSA) is 55.4 Å². The van der Waals surface area contributed by atoms with Crippen LogP contribution in [0, 0.1) is 0 Å². The highest BCUT2D eigenvalue weighted by molar-refractivity contribution is 9.10. The normalized spacial score (nSPS) is 15.7. The number of benzene rings is 1. The lowest BCUT2D eigenvalue weighted by molar-refractivity contribution is 0.232. The molecule has 0 saturated carbocycles. The molecule has 0 amide bonds.